The summed E-state index contributed by atoms with van der Waals surface area (Å²) >= 11 is 0. The maximum absolute atomic E-state index is 11.4. The van der Waals surface area contributed by atoms with Gasteiger partial charge in [-0.25, -0.2) is 8.42 Å². The maximum atomic E-state index is 11.4. The summed E-state index contributed by atoms with van der Waals surface area (Å²) in [5.41, 5.74) is 1.64. The van der Waals surface area contributed by atoms with E-state index in [2.05, 4.69) is 4.98 Å². The fourth-order valence-corrected chi connectivity index (χ4v) is 3.24. The van der Waals surface area contributed by atoms with E-state index in [0.717, 1.165) is 11.3 Å². The lowest BCUT2D eigenvalue weighted by atomic mass is 10.0. The van der Waals surface area contributed by atoms with Crippen LogP contribution in [0.3, 0.4) is 0 Å². The van der Waals surface area contributed by atoms with E-state index in [4.69, 9.17) is 15.4 Å². The summed E-state index contributed by atoms with van der Waals surface area (Å²) in [6.45, 7) is 2.06. The summed E-state index contributed by atoms with van der Waals surface area (Å²) in [6.07, 6.45) is 1.68. The largest absolute Gasteiger partial charge is 0.491 e. The normalized spacial score (nSPS) is 12.9. The standard InChI is InChI=1S/C15H16ClNO3S/c1-12-15(8-5-9-17-12)20-10-14(11-21(16,18)19)13-6-3-2-4-7-13/h2-9,14H,10-11H2,1H3. The molecule has 0 amide bonds. The fourth-order valence-electron chi connectivity index (χ4n) is 2.02. The van der Waals surface area contributed by atoms with E-state index in [0.29, 0.717) is 5.75 Å². The first-order chi connectivity index (χ1) is 9.96. The smallest absolute Gasteiger partial charge is 0.233 e. The molecule has 0 fully saturated rings. The summed E-state index contributed by atoms with van der Waals surface area (Å²) < 4.78 is 28.5. The minimum absolute atomic E-state index is 0.169. The van der Waals surface area contributed by atoms with E-state index in [1.165, 1.54) is 0 Å². The molecule has 0 spiro atoms. The van der Waals surface area contributed by atoms with Crippen molar-refractivity contribution in [2.45, 2.75) is 12.8 Å². The number of pyridine rings is 1. The Balaban J connectivity index is 2.15. The third-order valence-electron chi connectivity index (χ3n) is 3.07. The number of aryl methyl sites for hydroxylation is 1. The summed E-state index contributed by atoms with van der Waals surface area (Å²) in [5.74, 6) is 0.149. The molecule has 1 heterocycles. The molecule has 0 N–H and O–H groups in total. The van der Waals surface area contributed by atoms with Gasteiger partial charge in [0.25, 0.3) is 0 Å². The van der Waals surface area contributed by atoms with Crippen LogP contribution in [0.4, 0.5) is 0 Å². The minimum Gasteiger partial charge on any atom is -0.491 e. The molecule has 6 heteroatoms. The van der Waals surface area contributed by atoms with Gasteiger partial charge in [-0.1, -0.05) is 30.3 Å². The Morgan fingerprint density at radius 3 is 2.52 bits per heavy atom. The zero-order valence-corrected chi connectivity index (χ0v) is 13.1. The van der Waals surface area contributed by atoms with Crippen molar-refractivity contribution >= 4 is 19.7 Å². The zero-order valence-electron chi connectivity index (χ0n) is 11.6. The summed E-state index contributed by atoms with van der Waals surface area (Å²) in [6, 6.07) is 12.9. The van der Waals surface area contributed by atoms with E-state index in [-0.39, 0.29) is 18.3 Å². The Kier molecular flexibility index (Phi) is 5.20. The van der Waals surface area contributed by atoms with E-state index in [1.54, 1.807) is 18.3 Å². The Hall–Kier alpha value is -1.59. The van der Waals surface area contributed by atoms with Crippen LogP contribution in [0, 0.1) is 6.92 Å². The average molecular weight is 326 g/mol. The molecule has 0 bridgehead atoms. The van der Waals surface area contributed by atoms with Crippen LogP contribution in [0.2, 0.25) is 0 Å². The highest BCUT2D eigenvalue weighted by atomic mass is 35.7. The highest BCUT2D eigenvalue weighted by molar-refractivity contribution is 8.13. The van der Waals surface area contributed by atoms with Gasteiger partial charge in [0.05, 0.1) is 18.1 Å². The van der Waals surface area contributed by atoms with Crippen molar-refractivity contribution in [2.24, 2.45) is 0 Å². The number of nitrogens with zero attached hydrogens (tertiary/aromatic N) is 1. The molecule has 21 heavy (non-hydrogen) atoms. The minimum atomic E-state index is -3.61. The van der Waals surface area contributed by atoms with E-state index in [1.807, 2.05) is 37.3 Å². The predicted octanol–water partition coefficient (Wildman–Crippen LogP) is 3.12. The van der Waals surface area contributed by atoms with Crippen LogP contribution >= 0.6 is 10.7 Å². The number of halogens is 1. The van der Waals surface area contributed by atoms with Crippen LogP contribution in [0.25, 0.3) is 0 Å². The van der Waals surface area contributed by atoms with Gasteiger partial charge >= 0.3 is 0 Å². The molecule has 0 aliphatic carbocycles. The Bertz CT molecular complexity index is 689. The molecule has 112 valence electrons. The lowest BCUT2D eigenvalue weighted by molar-refractivity contribution is 0.293. The van der Waals surface area contributed by atoms with Crippen LogP contribution in [0.15, 0.2) is 48.7 Å². The number of rotatable bonds is 6. The first kappa shape index (κ1) is 15.8. The first-order valence-electron chi connectivity index (χ1n) is 6.47. The quantitative estimate of drug-likeness (QED) is 0.766. The highest BCUT2D eigenvalue weighted by Crippen LogP contribution is 2.22. The molecule has 1 unspecified atom stereocenters. The molecule has 0 aliphatic rings. The number of hydrogen-bond donors (Lipinski definition) is 0. The second-order valence-electron chi connectivity index (χ2n) is 4.71. The van der Waals surface area contributed by atoms with Crippen molar-refractivity contribution in [1.29, 1.82) is 0 Å². The van der Waals surface area contributed by atoms with Crippen molar-refractivity contribution in [3.8, 4) is 5.75 Å². The molecule has 0 saturated carbocycles. The summed E-state index contributed by atoms with van der Waals surface area (Å²) in [4.78, 5) is 4.14. The van der Waals surface area contributed by atoms with Gasteiger partial charge in [-0.15, -0.1) is 0 Å². The summed E-state index contributed by atoms with van der Waals surface area (Å²) in [7, 11) is 1.79. The molecule has 2 rings (SSSR count). The molecule has 0 radical (unpaired) electrons. The van der Waals surface area contributed by atoms with Crippen LogP contribution in [-0.4, -0.2) is 25.8 Å². The topological polar surface area (TPSA) is 56.3 Å². The van der Waals surface area contributed by atoms with Crippen molar-refractivity contribution in [3.05, 3.63) is 59.9 Å². The lowest BCUT2D eigenvalue weighted by Crippen LogP contribution is -2.18. The van der Waals surface area contributed by atoms with E-state index >= 15 is 0 Å². The van der Waals surface area contributed by atoms with Crippen LogP contribution < -0.4 is 4.74 Å². The molecular weight excluding hydrogens is 310 g/mol. The third-order valence-corrected chi connectivity index (χ3v) is 4.25. The molecule has 1 aromatic heterocycles. The molecule has 1 aromatic carbocycles. The Morgan fingerprint density at radius 1 is 1.19 bits per heavy atom. The van der Waals surface area contributed by atoms with Gasteiger partial charge in [0.15, 0.2) is 0 Å². The molecule has 1 atom stereocenters. The average Bonchev–Trinajstić information content (AvgIpc) is 2.45. The van der Waals surface area contributed by atoms with Crippen LogP contribution in [0.5, 0.6) is 5.75 Å². The second kappa shape index (κ2) is 6.91. The van der Waals surface area contributed by atoms with Gasteiger partial charge < -0.3 is 4.74 Å². The number of ether oxygens (including phenoxy) is 1. The van der Waals surface area contributed by atoms with Crippen LogP contribution in [-0.2, 0) is 9.05 Å². The number of benzene rings is 1. The maximum Gasteiger partial charge on any atom is 0.233 e. The van der Waals surface area contributed by atoms with Gasteiger partial charge in [0.1, 0.15) is 5.75 Å². The van der Waals surface area contributed by atoms with E-state index < -0.39 is 9.05 Å². The van der Waals surface area contributed by atoms with Crippen molar-refractivity contribution in [1.82, 2.24) is 4.98 Å². The van der Waals surface area contributed by atoms with E-state index in [9.17, 15) is 8.42 Å². The summed E-state index contributed by atoms with van der Waals surface area (Å²) in [5, 5.41) is 0. The second-order valence-corrected chi connectivity index (χ2v) is 7.53. The molecule has 0 aliphatic heterocycles. The van der Waals surface area contributed by atoms with Gasteiger partial charge in [0, 0.05) is 22.8 Å². The Morgan fingerprint density at radius 2 is 1.90 bits per heavy atom. The van der Waals surface area contributed by atoms with Crippen LogP contribution in [0.1, 0.15) is 17.2 Å². The number of hydrogen-bond acceptors (Lipinski definition) is 4. The molecule has 4 nitrogen and oxygen atoms in total. The molecule has 0 saturated heterocycles. The van der Waals surface area contributed by atoms with Crippen molar-refractivity contribution in [2.75, 3.05) is 12.4 Å². The molecule has 2 aromatic rings. The predicted molar refractivity (Wildman–Crippen MR) is 83.3 cm³/mol. The Labute approximate surface area is 129 Å². The van der Waals surface area contributed by atoms with Gasteiger partial charge in [-0.2, -0.15) is 0 Å². The van der Waals surface area contributed by atoms with Gasteiger partial charge in [0.2, 0.25) is 9.05 Å². The van der Waals surface area contributed by atoms with Crippen molar-refractivity contribution < 1.29 is 13.2 Å². The zero-order chi connectivity index (χ0) is 15.3. The van der Waals surface area contributed by atoms with Gasteiger partial charge in [-0.3, -0.25) is 4.98 Å². The highest BCUT2D eigenvalue weighted by Gasteiger charge is 2.20. The lowest BCUT2D eigenvalue weighted by Gasteiger charge is -2.17. The van der Waals surface area contributed by atoms with Gasteiger partial charge in [-0.05, 0) is 24.6 Å². The first-order valence-corrected chi connectivity index (χ1v) is 8.95. The SMILES string of the molecule is Cc1ncccc1OCC(CS(=O)(=O)Cl)c1ccccc1. The fraction of sp³-hybridized carbons (Fsp3) is 0.267. The van der Waals surface area contributed by atoms with Crippen molar-refractivity contribution in [3.63, 3.8) is 0 Å². The number of aromatic nitrogens is 1. The monoisotopic (exact) mass is 325 g/mol. The molecular formula is C15H16ClNO3S. The third kappa shape index (κ3) is 5.02.